The van der Waals surface area contributed by atoms with Crippen molar-refractivity contribution in [1.29, 1.82) is 0 Å². The molecule has 2 N–H and O–H groups in total. The lowest BCUT2D eigenvalue weighted by Gasteiger charge is -2.16. The van der Waals surface area contributed by atoms with Crippen LogP contribution in [0.15, 0.2) is 23.0 Å². The molecule has 126 valence electrons. The summed E-state index contributed by atoms with van der Waals surface area (Å²) in [5.74, 6) is 0.377. The average Bonchev–Trinajstić information content (AvgIpc) is 2.92. The summed E-state index contributed by atoms with van der Waals surface area (Å²) in [6, 6.07) is 5.37. The van der Waals surface area contributed by atoms with Crippen molar-refractivity contribution in [3.63, 3.8) is 0 Å². The Bertz CT molecular complexity index is 921. The van der Waals surface area contributed by atoms with Gasteiger partial charge in [0.1, 0.15) is 9.34 Å². The maximum atomic E-state index is 12.0. The molecule has 0 radical (unpaired) electrons. The Balaban J connectivity index is 1.97. The number of nitrogens with one attached hydrogen (secondary N) is 2. The number of benzene rings is 1. The van der Waals surface area contributed by atoms with Gasteiger partial charge in [-0.2, -0.15) is 0 Å². The van der Waals surface area contributed by atoms with Gasteiger partial charge in [0.2, 0.25) is 5.88 Å². The van der Waals surface area contributed by atoms with Gasteiger partial charge in [-0.1, -0.05) is 30.1 Å². The Morgan fingerprint density at radius 1 is 1.38 bits per heavy atom. The molecule has 0 bridgehead atoms. The van der Waals surface area contributed by atoms with Crippen LogP contribution in [-0.4, -0.2) is 22.3 Å². The number of fused-ring (bicyclic) bond motifs is 1. The Morgan fingerprint density at radius 3 is 2.79 bits per heavy atom. The summed E-state index contributed by atoms with van der Waals surface area (Å²) in [7, 11) is 1.51. The topological polar surface area (TPSA) is 79.9 Å². The van der Waals surface area contributed by atoms with Gasteiger partial charge in [-0.05, 0) is 24.6 Å². The number of anilines is 1. The van der Waals surface area contributed by atoms with Crippen molar-refractivity contribution in [3.05, 3.63) is 43.0 Å². The van der Waals surface area contributed by atoms with E-state index < -0.39 is 0 Å². The lowest BCUT2D eigenvalue weighted by molar-refractivity contribution is 0.397. The van der Waals surface area contributed by atoms with E-state index in [4.69, 9.17) is 27.9 Å². The highest BCUT2D eigenvalue weighted by atomic mass is 35.5. The van der Waals surface area contributed by atoms with Crippen molar-refractivity contribution in [1.82, 2.24) is 15.2 Å². The standard InChI is InChI=1S/C15H14Cl2N4O2S/c1-3-10(15-19-11(16)12(17)24-15)18-7-4-5-8-9(6-7)13(22)20-21-14(8)23-2/h4-6,10,18H,3H2,1-2H3,(H,20,22). The fourth-order valence-corrected chi connectivity index (χ4v) is 3.73. The zero-order valence-corrected chi connectivity index (χ0v) is 15.2. The molecule has 2 heterocycles. The van der Waals surface area contributed by atoms with Crippen molar-refractivity contribution in [2.24, 2.45) is 0 Å². The first kappa shape index (κ1) is 17.0. The first-order valence-corrected chi connectivity index (χ1v) is 8.75. The van der Waals surface area contributed by atoms with Gasteiger partial charge in [0.15, 0.2) is 5.15 Å². The smallest absolute Gasteiger partial charge is 0.272 e. The van der Waals surface area contributed by atoms with Crippen molar-refractivity contribution >= 4 is 51.0 Å². The number of thiazole rings is 1. The maximum absolute atomic E-state index is 12.0. The van der Waals surface area contributed by atoms with Crippen molar-refractivity contribution in [2.75, 3.05) is 12.4 Å². The highest BCUT2D eigenvalue weighted by Gasteiger charge is 2.17. The molecule has 1 aromatic carbocycles. The number of rotatable bonds is 5. The third-order valence-corrected chi connectivity index (χ3v) is 5.41. The minimum Gasteiger partial charge on any atom is -0.480 e. The molecule has 2 aromatic heterocycles. The minimum atomic E-state index is -0.275. The molecule has 0 aliphatic carbocycles. The van der Waals surface area contributed by atoms with E-state index in [-0.39, 0.29) is 11.6 Å². The van der Waals surface area contributed by atoms with Crippen LogP contribution in [-0.2, 0) is 0 Å². The molecule has 0 aliphatic heterocycles. The van der Waals surface area contributed by atoms with Crippen LogP contribution in [0.1, 0.15) is 24.4 Å². The lowest BCUT2D eigenvalue weighted by atomic mass is 10.1. The molecular weight excluding hydrogens is 371 g/mol. The summed E-state index contributed by atoms with van der Waals surface area (Å²) >= 11 is 13.3. The Hall–Kier alpha value is -1.83. The van der Waals surface area contributed by atoms with Crippen molar-refractivity contribution < 1.29 is 4.74 Å². The normalized spacial score (nSPS) is 12.3. The van der Waals surface area contributed by atoms with Gasteiger partial charge in [0, 0.05) is 5.69 Å². The SMILES string of the molecule is CCC(Nc1ccc2c(OC)n[nH]c(=O)c2c1)c1nc(Cl)c(Cl)s1. The molecule has 6 nitrogen and oxygen atoms in total. The highest BCUT2D eigenvalue weighted by molar-refractivity contribution is 7.16. The van der Waals surface area contributed by atoms with Gasteiger partial charge in [0.25, 0.3) is 5.56 Å². The van der Waals surface area contributed by atoms with Crippen LogP contribution in [0.4, 0.5) is 5.69 Å². The number of aromatic amines is 1. The highest BCUT2D eigenvalue weighted by Crippen LogP contribution is 2.34. The Morgan fingerprint density at radius 2 is 2.17 bits per heavy atom. The summed E-state index contributed by atoms with van der Waals surface area (Å²) in [5, 5.41) is 11.9. The third kappa shape index (κ3) is 3.19. The van der Waals surface area contributed by atoms with Crippen LogP contribution in [0.25, 0.3) is 10.8 Å². The number of halogens is 2. The van der Waals surface area contributed by atoms with E-state index in [0.717, 1.165) is 17.1 Å². The van der Waals surface area contributed by atoms with Crippen LogP contribution >= 0.6 is 34.5 Å². The average molecular weight is 385 g/mol. The van der Waals surface area contributed by atoms with Gasteiger partial charge in [-0.25, -0.2) is 10.1 Å². The van der Waals surface area contributed by atoms with E-state index in [1.54, 1.807) is 12.1 Å². The first-order chi connectivity index (χ1) is 11.5. The number of methoxy groups -OCH3 is 1. The van der Waals surface area contributed by atoms with Crippen LogP contribution in [0, 0.1) is 0 Å². The second kappa shape index (κ2) is 6.96. The second-order valence-corrected chi connectivity index (χ2v) is 7.03. The molecule has 0 amide bonds. The zero-order valence-electron chi connectivity index (χ0n) is 12.9. The second-order valence-electron chi connectivity index (χ2n) is 5.04. The zero-order chi connectivity index (χ0) is 17.3. The lowest BCUT2D eigenvalue weighted by Crippen LogP contribution is -2.12. The molecular formula is C15H14Cl2N4O2S. The molecule has 3 rings (SSSR count). The monoisotopic (exact) mass is 384 g/mol. The van der Waals surface area contributed by atoms with Crippen LogP contribution < -0.4 is 15.6 Å². The number of hydrogen-bond acceptors (Lipinski definition) is 6. The maximum Gasteiger partial charge on any atom is 0.272 e. The van der Waals surface area contributed by atoms with Crippen LogP contribution in [0.5, 0.6) is 5.88 Å². The Kier molecular flexibility index (Phi) is 4.93. The quantitative estimate of drug-likeness (QED) is 0.686. The number of aromatic nitrogens is 3. The summed E-state index contributed by atoms with van der Waals surface area (Å²) < 4.78 is 5.64. The van der Waals surface area contributed by atoms with Gasteiger partial charge in [0.05, 0.1) is 23.9 Å². The molecule has 0 aliphatic rings. The van der Waals surface area contributed by atoms with Crippen LogP contribution in [0.2, 0.25) is 9.49 Å². The van der Waals surface area contributed by atoms with E-state index in [9.17, 15) is 4.79 Å². The summed E-state index contributed by atoms with van der Waals surface area (Å²) in [4.78, 5) is 16.3. The Labute approximate surface area is 151 Å². The van der Waals surface area contributed by atoms with Crippen LogP contribution in [0.3, 0.4) is 0 Å². The number of hydrogen-bond donors (Lipinski definition) is 2. The predicted octanol–water partition coefficient (Wildman–Crippen LogP) is 4.26. The van der Waals surface area contributed by atoms with E-state index >= 15 is 0 Å². The van der Waals surface area contributed by atoms with E-state index in [1.807, 2.05) is 13.0 Å². The van der Waals surface area contributed by atoms with Crippen molar-refractivity contribution in [3.8, 4) is 5.88 Å². The van der Waals surface area contributed by atoms with E-state index in [2.05, 4.69) is 20.5 Å². The van der Waals surface area contributed by atoms with Gasteiger partial charge < -0.3 is 10.1 Å². The molecule has 24 heavy (non-hydrogen) atoms. The van der Waals surface area contributed by atoms with E-state index in [0.29, 0.717) is 26.1 Å². The number of ether oxygens (including phenoxy) is 1. The first-order valence-electron chi connectivity index (χ1n) is 7.18. The summed E-state index contributed by atoms with van der Waals surface area (Å²) in [6.45, 7) is 2.03. The number of nitrogens with zero attached hydrogens (tertiary/aromatic N) is 2. The molecule has 3 aromatic rings. The molecule has 1 atom stereocenters. The van der Waals surface area contributed by atoms with Gasteiger partial charge >= 0.3 is 0 Å². The molecule has 0 fully saturated rings. The summed E-state index contributed by atoms with van der Waals surface area (Å²) in [6.07, 6.45) is 0.786. The molecule has 0 spiro atoms. The molecule has 9 heteroatoms. The third-order valence-electron chi connectivity index (χ3n) is 3.56. The van der Waals surface area contributed by atoms with E-state index in [1.165, 1.54) is 18.4 Å². The molecule has 1 unspecified atom stereocenters. The fraction of sp³-hybridized carbons (Fsp3) is 0.267. The van der Waals surface area contributed by atoms with Gasteiger partial charge in [-0.15, -0.1) is 16.4 Å². The van der Waals surface area contributed by atoms with Gasteiger partial charge in [-0.3, -0.25) is 4.79 Å². The molecule has 0 saturated heterocycles. The summed E-state index contributed by atoms with van der Waals surface area (Å²) in [5.41, 5.74) is 0.512. The predicted molar refractivity (Wildman–Crippen MR) is 97.7 cm³/mol. The molecule has 0 saturated carbocycles. The fourth-order valence-electron chi connectivity index (χ4n) is 2.37. The minimum absolute atomic E-state index is 0.0553. The number of H-pyrrole nitrogens is 1. The van der Waals surface area contributed by atoms with Crippen molar-refractivity contribution in [2.45, 2.75) is 19.4 Å². The largest absolute Gasteiger partial charge is 0.480 e.